The first kappa shape index (κ1) is 45.2. The number of hydrogen-bond donors (Lipinski definition) is 6. The number of amides is 1. The van der Waals surface area contributed by atoms with E-state index in [1.165, 1.54) is 38.5 Å². The fourth-order valence-corrected chi connectivity index (χ4v) is 5.80. The lowest BCUT2D eigenvalue weighted by molar-refractivity contribution is -0.302. The summed E-state index contributed by atoms with van der Waals surface area (Å²) in [6.07, 6.45) is 29.8. The van der Waals surface area contributed by atoms with Crippen molar-refractivity contribution in [1.29, 1.82) is 0 Å². The zero-order valence-electron chi connectivity index (χ0n) is 30.7. The van der Waals surface area contributed by atoms with Crippen LogP contribution < -0.4 is 5.32 Å². The average Bonchev–Trinajstić information content (AvgIpc) is 3.10. The predicted molar refractivity (Wildman–Crippen MR) is 198 cm³/mol. The van der Waals surface area contributed by atoms with Gasteiger partial charge in [-0.2, -0.15) is 0 Å². The van der Waals surface area contributed by atoms with Crippen LogP contribution in [0.4, 0.5) is 0 Å². The number of carbonyl (C=O) groups is 1. The zero-order chi connectivity index (χ0) is 36.0. The van der Waals surface area contributed by atoms with Crippen molar-refractivity contribution in [3.8, 4) is 0 Å². The highest BCUT2D eigenvalue weighted by Crippen LogP contribution is 2.23. The van der Waals surface area contributed by atoms with Gasteiger partial charge in [-0.1, -0.05) is 133 Å². The van der Waals surface area contributed by atoms with Crippen molar-refractivity contribution in [1.82, 2.24) is 5.32 Å². The molecule has 1 amide bonds. The van der Waals surface area contributed by atoms with Gasteiger partial charge < -0.3 is 40.3 Å². The first-order valence-electron chi connectivity index (χ1n) is 19.3. The Hall–Kier alpha value is -1.85. The molecule has 0 radical (unpaired) electrons. The van der Waals surface area contributed by atoms with E-state index in [2.05, 4.69) is 67.8 Å². The minimum Gasteiger partial charge on any atom is -0.394 e. The number of allylic oxidation sites excluding steroid dienone is 8. The minimum atomic E-state index is -1.56. The van der Waals surface area contributed by atoms with Crippen molar-refractivity contribution in [2.75, 3.05) is 13.2 Å². The van der Waals surface area contributed by atoms with Gasteiger partial charge in [-0.15, -0.1) is 0 Å². The highest BCUT2D eigenvalue weighted by molar-refractivity contribution is 5.76. The lowest BCUT2D eigenvalue weighted by atomic mass is 9.99. The van der Waals surface area contributed by atoms with E-state index in [0.29, 0.717) is 12.8 Å². The Balaban J connectivity index is 2.41. The van der Waals surface area contributed by atoms with Gasteiger partial charge in [0.05, 0.1) is 25.4 Å². The molecule has 1 saturated heterocycles. The van der Waals surface area contributed by atoms with Crippen LogP contribution in [0.15, 0.2) is 48.6 Å². The number of nitrogens with one attached hydrogen (secondary N) is 1. The zero-order valence-corrected chi connectivity index (χ0v) is 30.7. The summed E-state index contributed by atoms with van der Waals surface area (Å²) in [5, 5.41) is 53.9. The van der Waals surface area contributed by atoms with Gasteiger partial charge in [0, 0.05) is 6.42 Å². The van der Waals surface area contributed by atoms with E-state index in [9.17, 15) is 30.3 Å². The summed E-state index contributed by atoms with van der Waals surface area (Å²) < 4.78 is 11.2. The minimum absolute atomic E-state index is 0.151. The van der Waals surface area contributed by atoms with Gasteiger partial charge in [-0.3, -0.25) is 4.79 Å². The van der Waals surface area contributed by atoms with E-state index in [0.717, 1.165) is 77.0 Å². The highest BCUT2D eigenvalue weighted by Gasteiger charge is 2.44. The van der Waals surface area contributed by atoms with Crippen molar-refractivity contribution in [2.24, 2.45) is 0 Å². The van der Waals surface area contributed by atoms with Crippen LogP contribution in [0.3, 0.4) is 0 Å². The van der Waals surface area contributed by atoms with Crippen LogP contribution in [0, 0.1) is 0 Å². The molecule has 0 aromatic carbocycles. The fraction of sp³-hybridized carbons (Fsp3) is 0.775. The molecule has 6 N–H and O–H groups in total. The van der Waals surface area contributed by atoms with Crippen molar-refractivity contribution in [3.05, 3.63) is 48.6 Å². The lowest BCUT2D eigenvalue weighted by Crippen LogP contribution is -2.60. The van der Waals surface area contributed by atoms with E-state index in [-0.39, 0.29) is 12.5 Å². The standard InChI is InChI=1S/C40H71NO8/c1-3-5-7-9-11-13-14-15-16-17-18-19-20-22-24-26-28-30-36(44)41-33(34(43)29-27-25-23-21-12-10-8-6-4-2)32-48-40-39(47)38(46)37(45)35(31-42)49-40/h5,7,11,13,15-16,18-19,33-35,37-40,42-43,45-47H,3-4,6,8-10,12,14,17,20-32H2,1-2H3,(H,41,44)/b7-5-,13-11-,16-15-,19-18-. The maximum absolute atomic E-state index is 12.9. The Morgan fingerprint density at radius 1 is 0.714 bits per heavy atom. The van der Waals surface area contributed by atoms with Crippen LogP contribution in [-0.2, 0) is 14.3 Å². The number of carbonyl (C=O) groups excluding carboxylic acids is 1. The van der Waals surface area contributed by atoms with Crippen molar-refractivity contribution in [2.45, 2.75) is 185 Å². The molecule has 1 aliphatic rings. The molecule has 9 heteroatoms. The van der Waals surface area contributed by atoms with Crippen LogP contribution in [0.5, 0.6) is 0 Å². The Kier molecular flexibility index (Phi) is 28.5. The summed E-state index contributed by atoms with van der Waals surface area (Å²) in [6.45, 7) is 3.64. The Morgan fingerprint density at radius 2 is 1.27 bits per heavy atom. The molecule has 0 aliphatic carbocycles. The molecular formula is C40H71NO8. The number of aliphatic hydroxyl groups is 5. The maximum Gasteiger partial charge on any atom is 0.220 e. The number of rotatable bonds is 30. The Morgan fingerprint density at radius 3 is 1.88 bits per heavy atom. The average molecular weight is 694 g/mol. The molecule has 0 bridgehead atoms. The molecule has 7 atom stereocenters. The quantitative estimate of drug-likeness (QED) is 0.0359. The monoisotopic (exact) mass is 694 g/mol. The van der Waals surface area contributed by atoms with Gasteiger partial charge in [0.2, 0.25) is 5.91 Å². The predicted octanol–water partition coefficient (Wildman–Crippen LogP) is 6.72. The second-order valence-electron chi connectivity index (χ2n) is 13.3. The summed E-state index contributed by atoms with van der Waals surface area (Å²) in [4.78, 5) is 12.9. The molecule has 1 heterocycles. The van der Waals surface area contributed by atoms with E-state index in [1.54, 1.807) is 0 Å². The molecule has 0 saturated carbocycles. The molecule has 1 fully saturated rings. The summed E-state index contributed by atoms with van der Waals surface area (Å²) >= 11 is 0. The maximum atomic E-state index is 12.9. The molecule has 0 spiro atoms. The number of hydrogen-bond acceptors (Lipinski definition) is 8. The van der Waals surface area contributed by atoms with Crippen molar-refractivity contribution < 1.29 is 39.8 Å². The largest absolute Gasteiger partial charge is 0.394 e. The SMILES string of the molecule is CC/C=C\C/C=C\C/C=C\C/C=C\CCCCCCC(=O)NC(COC1OC(CO)C(O)C(O)C1O)C(O)CCCCCCCCCCC. The second kappa shape index (κ2) is 30.9. The van der Waals surface area contributed by atoms with Crippen LogP contribution in [0.2, 0.25) is 0 Å². The molecule has 7 unspecified atom stereocenters. The van der Waals surface area contributed by atoms with Gasteiger partial charge in [-0.05, 0) is 51.4 Å². The van der Waals surface area contributed by atoms with Crippen LogP contribution in [0.1, 0.15) is 142 Å². The highest BCUT2D eigenvalue weighted by atomic mass is 16.7. The Labute approximate surface area is 297 Å². The second-order valence-corrected chi connectivity index (χ2v) is 13.3. The molecule has 9 nitrogen and oxygen atoms in total. The third-order valence-corrected chi connectivity index (χ3v) is 8.95. The van der Waals surface area contributed by atoms with Gasteiger partial charge in [0.25, 0.3) is 0 Å². The molecule has 0 aromatic rings. The summed E-state index contributed by atoms with van der Waals surface area (Å²) in [6, 6.07) is -0.730. The first-order chi connectivity index (χ1) is 23.8. The van der Waals surface area contributed by atoms with E-state index >= 15 is 0 Å². The Bertz CT molecular complexity index is 905. The van der Waals surface area contributed by atoms with Crippen molar-refractivity contribution in [3.63, 3.8) is 0 Å². The summed E-state index contributed by atoms with van der Waals surface area (Å²) in [7, 11) is 0. The topological polar surface area (TPSA) is 149 Å². The third kappa shape index (κ3) is 22.6. The van der Waals surface area contributed by atoms with Crippen LogP contribution in [-0.4, -0.2) is 87.5 Å². The van der Waals surface area contributed by atoms with Crippen molar-refractivity contribution >= 4 is 5.91 Å². The molecule has 0 aromatic heterocycles. The fourth-order valence-electron chi connectivity index (χ4n) is 5.80. The number of unbranched alkanes of at least 4 members (excludes halogenated alkanes) is 12. The first-order valence-corrected chi connectivity index (χ1v) is 19.3. The van der Waals surface area contributed by atoms with E-state index in [4.69, 9.17) is 9.47 Å². The lowest BCUT2D eigenvalue weighted by Gasteiger charge is -2.40. The number of ether oxygens (including phenoxy) is 2. The van der Waals surface area contributed by atoms with Crippen LogP contribution >= 0.6 is 0 Å². The molecule has 1 aliphatic heterocycles. The van der Waals surface area contributed by atoms with Gasteiger partial charge in [0.15, 0.2) is 6.29 Å². The molecule has 49 heavy (non-hydrogen) atoms. The molecule has 284 valence electrons. The smallest absolute Gasteiger partial charge is 0.220 e. The third-order valence-electron chi connectivity index (χ3n) is 8.95. The van der Waals surface area contributed by atoms with Gasteiger partial charge >= 0.3 is 0 Å². The summed E-state index contributed by atoms with van der Waals surface area (Å²) in [5.74, 6) is -0.174. The number of aliphatic hydroxyl groups excluding tert-OH is 5. The normalized spacial score (nSPS) is 23.0. The van der Waals surface area contributed by atoms with Gasteiger partial charge in [-0.25, -0.2) is 0 Å². The summed E-state index contributed by atoms with van der Waals surface area (Å²) in [5.41, 5.74) is 0. The van der Waals surface area contributed by atoms with Crippen LogP contribution in [0.25, 0.3) is 0 Å². The molecule has 1 rings (SSSR count). The van der Waals surface area contributed by atoms with E-state index in [1.807, 2.05) is 0 Å². The van der Waals surface area contributed by atoms with E-state index < -0.39 is 49.5 Å². The van der Waals surface area contributed by atoms with Gasteiger partial charge in [0.1, 0.15) is 24.4 Å². The molecular weight excluding hydrogens is 622 g/mol.